The summed E-state index contributed by atoms with van der Waals surface area (Å²) in [6, 6.07) is 14.4. The lowest BCUT2D eigenvalue weighted by molar-refractivity contribution is -0.122. The highest BCUT2D eigenvalue weighted by atomic mass is 79.9. The third kappa shape index (κ3) is 7.19. The lowest BCUT2D eigenvalue weighted by atomic mass is 10.2. The first kappa shape index (κ1) is 22.4. The normalized spacial score (nSPS) is 15.0. The number of halogens is 2. The second-order valence-electron chi connectivity index (χ2n) is 7.30. The predicted molar refractivity (Wildman–Crippen MR) is 119 cm³/mol. The molecular formula is C22H26BrFN4O2. The van der Waals surface area contributed by atoms with E-state index in [1.54, 1.807) is 12.1 Å². The zero-order valence-electron chi connectivity index (χ0n) is 16.7. The van der Waals surface area contributed by atoms with Crippen molar-refractivity contribution < 1.29 is 14.0 Å². The quantitative estimate of drug-likeness (QED) is 0.614. The molecule has 1 heterocycles. The Labute approximate surface area is 184 Å². The summed E-state index contributed by atoms with van der Waals surface area (Å²) in [5.41, 5.74) is 1.27. The topological polar surface area (TPSA) is 64.7 Å². The van der Waals surface area contributed by atoms with Crippen molar-refractivity contribution in [1.82, 2.24) is 15.1 Å². The first-order valence-corrected chi connectivity index (χ1v) is 10.8. The number of carbonyl (C=O) groups excluding carboxylic acids is 2. The summed E-state index contributed by atoms with van der Waals surface area (Å²) in [7, 11) is 0. The maximum Gasteiger partial charge on any atom is 0.234 e. The van der Waals surface area contributed by atoms with Crippen LogP contribution in [-0.4, -0.2) is 60.9 Å². The first-order valence-electron chi connectivity index (χ1n) is 10.00. The largest absolute Gasteiger partial charge is 0.351 e. The van der Waals surface area contributed by atoms with Gasteiger partial charge in [-0.2, -0.15) is 0 Å². The van der Waals surface area contributed by atoms with Crippen LogP contribution in [0.25, 0.3) is 0 Å². The summed E-state index contributed by atoms with van der Waals surface area (Å²) in [6.07, 6.45) is 0.299. The zero-order chi connectivity index (χ0) is 21.3. The van der Waals surface area contributed by atoms with Gasteiger partial charge in [0.1, 0.15) is 5.82 Å². The van der Waals surface area contributed by atoms with E-state index in [9.17, 15) is 14.0 Å². The molecule has 6 nitrogen and oxygen atoms in total. The van der Waals surface area contributed by atoms with Gasteiger partial charge in [0.25, 0.3) is 0 Å². The van der Waals surface area contributed by atoms with Crippen molar-refractivity contribution in [2.75, 3.05) is 44.6 Å². The van der Waals surface area contributed by atoms with Crippen LogP contribution in [0.1, 0.15) is 12.0 Å². The standard InChI is InChI=1S/C22H26BrFN4O2/c23-18-6-7-20(19(24)14-18)26-21(29)8-9-27-10-12-28(13-11-27)16-22(30)25-15-17-4-2-1-3-5-17/h1-7,14H,8-13,15-16H2,(H,25,30)(H,26,29). The SMILES string of the molecule is O=C(CN1CCN(CCC(=O)Nc2ccc(Br)cc2F)CC1)NCc1ccccc1. The van der Waals surface area contributed by atoms with E-state index in [4.69, 9.17) is 0 Å². The van der Waals surface area contributed by atoms with E-state index < -0.39 is 5.82 Å². The van der Waals surface area contributed by atoms with Gasteiger partial charge in [-0.15, -0.1) is 0 Å². The molecule has 0 saturated carbocycles. The molecule has 2 aromatic carbocycles. The van der Waals surface area contributed by atoms with Gasteiger partial charge < -0.3 is 15.5 Å². The Balaban J connectivity index is 1.32. The molecule has 0 bridgehead atoms. The second-order valence-corrected chi connectivity index (χ2v) is 8.22. The molecule has 0 spiro atoms. The van der Waals surface area contributed by atoms with Crippen LogP contribution in [0.2, 0.25) is 0 Å². The van der Waals surface area contributed by atoms with Gasteiger partial charge in [-0.05, 0) is 23.8 Å². The Morgan fingerprint density at radius 1 is 0.967 bits per heavy atom. The molecule has 3 rings (SSSR count). The molecule has 0 radical (unpaired) electrons. The van der Waals surface area contributed by atoms with Crippen LogP contribution in [0.15, 0.2) is 53.0 Å². The van der Waals surface area contributed by atoms with Gasteiger partial charge in [-0.1, -0.05) is 46.3 Å². The number of nitrogens with one attached hydrogen (secondary N) is 2. The molecule has 2 amide bonds. The van der Waals surface area contributed by atoms with Gasteiger partial charge in [0.05, 0.1) is 12.2 Å². The summed E-state index contributed by atoms with van der Waals surface area (Å²) < 4.78 is 14.4. The average molecular weight is 477 g/mol. The van der Waals surface area contributed by atoms with Crippen LogP contribution in [0.5, 0.6) is 0 Å². The van der Waals surface area contributed by atoms with Gasteiger partial charge in [-0.25, -0.2) is 4.39 Å². The highest BCUT2D eigenvalue weighted by Crippen LogP contribution is 2.19. The molecular weight excluding hydrogens is 451 g/mol. The number of benzene rings is 2. The molecule has 0 aromatic heterocycles. The van der Waals surface area contributed by atoms with Crippen molar-refractivity contribution in [3.05, 3.63) is 64.4 Å². The lowest BCUT2D eigenvalue weighted by Crippen LogP contribution is -2.49. The van der Waals surface area contributed by atoms with E-state index >= 15 is 0 Å². The van der Waals surface area contributed by atoms with Crippen molar-refractivity contribution >= 4 is 33.4 Å². The third-order valence-electron chi connectivity index (χ3n) is 5.02. The van der Waals surface area contributed by atoms with Crippen molar-refractivity contribution in [2.45, 2.75) is 13.0 Å². The fraction of sp³-hybridized carbons (Fsp3) is 0.364. The van der Waals surface area contributed by atoms with Gasteiger partial charge in [-0.3, -0.25) is 14.5 Å². The van der Waals surface area contributed by atoms with E-state index in [0.29, 0.717) is 30.5 Å². The Bertz CT molecular complexity index is 857. The van der Waals surface area contributed by atoms with Gasteiger partial charge in [0.15, 0.2) is 0 Å². The molecule has 30 heavy (non-hydrogen) atoms. The summed E-state index contributed by atoms with van der Waals surface area (Å²) in [5, 5.41) is 5.56. The van der Waals surface area contributed by atoms with Gasteiger partial charge in [0.2, 0.25) is 11.8 Å². The Morgan fingerprint density at radius 3 is 2.37 bits per heavy atom. The molecule has 2 N–H and O–H groups in total. The lowest BCUT2D eigenvalue weighted by Gasteiger charge is -2.34. The highest BCUT2D eigenvalue weighted by Gasteiger charge is 2.19. The Hall–Kier alpha value is -2.29. The second kappa shape index (κ2) is 11.2. The Kier molecular flexibility index (Phi) is 8.36. The number of hydrogen-bond donors (Lipinski definition) is 2. The molecule has 2 aromatic rings. The fourth-order valence-electron chi connectivity index (χ4n) is 3.29. The minimum absolute atomic E-state index is 0.0169. The van der Waals surface area contributed by atoms with Crippen LogP contribution >= 0.6 is 15.9 Å². The fourth-order valence-corrected chi connectivity index (χ4v) is 3.62. The van der Waals surface area contributed by atoms with Crippen LogP contribution in [0.3, 0.4) is 0 Å². The minimum Gasteiger partial charge on any atom is -0.351 e. The van der Waals surface area contributed by atoms with E-state index in [2.05, 4.69) is 36.4 Å². The molecule has 1 aliphatic rings. The number of nitrogens with zero attached hydrogens (tertiary/aromatic N) is 2. The number of carbonyl (C=O) groups is 2. The molecule has 160 valence electrons. The van der Waals surface area contributed by atoms with Gasteiger partial charge >= 0.3 is 0 Å². The van der Waals surface area contributed by atoms with Crippen LogP contribution in [0, 0.1) is 5.82 Å². The van der Waals surface area contributed by atoms with E-state index in [-0.39, 0.29) is 17.5 Å². The number of piperazine rings is 1. The maximum absolute atomic E-state index is 13.8. The molecule has 1 fully saturated rings. The molecule has 8 heteroatoms. The molecule has 0 atom stereocenters. The number of rotatable bonds is 8. The van der Waals surface area contributed by atoms with Crippen LogP contribution in [-0.2, 0) is 16.1 Å². The minimum atomic E-state index is -0.461. The third-order valence-corrected chi connectivity index (χ3v) is 5.52. The Morgan fingerprint density at radius 2 is 1.67 bits per heavy atom. The smallest absolute Gasteiger partial charge is 0.234 e. The van der Waals surface area contributed by atoms with Crippen LogP contribution in [0.4, 0.5) is 10.1 Å². The zero-order valence-corrected chi connectivity index (χ0v) is 18.3. The van der Waals surface area contributed by atoms with Crippen molar-refractivity contribution in [3.63, 3.8) is 0 Å². The summed E-state index contributed by atoms with van der Waals surface area (Å²) in [6.45, 7) is 4.68. The number of anilines is 1. The highest BCUT2D eigenvalue weighted by molar-refractivity contribution is 9.10. The van der Waals surface area contributed by atoms with Crippen LogP contribution < -0.4 is 10.6 Å². The number of hydrogen-bond acceptors (Lipinski definition) is 4. The van der Waals surface area contributed by atoms with E-state index in [1.807, 2.05) is 30.3 Å². The predicted octanol–water partition coefficient (Wildman–Crippen LogP) is 2.85. The first-order chi connectivity index (χ1) is 14.5. The molecule has 0 aliphatic carbocycles. The average Bonchev–Trinajstić information content (AvgIpc) is 2.74. The molecule has 0 unspecified atom stereocenters. The molecule has 1 aliphatic heterocycles. The number of amides is 2. The summed E-state index contributed by atoms with van der Waals surface area (Å²) in [4.78, 5) is 28.6. The van der Waals surface area contributed by atoms with Crippen molar-refractivity contribution in [1.29, 1.82) is 0 Å². The van der Waals surface area contributed by atoms with Crippen molar-refractivity contribution in [2.24, 2.45) is 0 Å². The summed E-state index contributed by atoms with van der Waals surface area (Å²) in [5.74, 6) is -0.654. The van der Waals surface area contributed by atoms with Gasteiger partial charge in [0, 0.05) is 50.2 Å². The van der Waals surface area contributed by atoms with E-state index in [0.717, 1.165) is 31.7 Å². The summed E-state index contributed by atoms with van der Waals surface area (Å²) >= 11 is 3.20. The maximum atomic E-state index is 13.8. The van der Waals surface area contributed by atoms with E-state index in [1.165, 1.54) is 6.07 Å². The monoisotopic (exact) mass is 476 g/mol. The molecule has 1 saturated heterocycles. The van der Waals surface area contributed by atoms with Crippen molar-refractivity contribution in [3.8, 4) is 0 Å².